The first-order chi connectivity index (χ1) is 14.6. The summed E-state index contributed by atoms with van der Waals surface area (Å²) in [6, 6.07) is 6.66. The number of anilines is 1. The first-order valence-electron chi connectivity index (χ1n) is 10.1. The van der Waals surface area contributed by atoms with E-state index in [-0.39, 0.29) is 17.9 Å². The maximum atomic E-state index is 13.2. The highest BCUT2D eigenvalue weighted by Gasteiger charge is 2.31. The highest BCUT2D eigenvalue weighted by Crippen LogP contribution is 2.33. The molecule has 4 rings (SSSR count). The van der Waals surface area contributed by atoms with E-state index in [0.717, 1.165) is 0 Å². The number of carbonyl (C=O) groups excluding carboxylic acids is 2. The molecule has 0 unspecified atom stereocenters. The van der Waals surface area contributed by atoms with Gasteiger partial charge >= 0.3 is 0 Å². The van der Waals surface area contributed by atoms with Crippen LogP contribution in [0.4, 0.5) is 5.13 Å². The van der Waals surface area contributed by atoms with E-state index in [1.165, 1.54) is 11.3 Å². The number of halogens is 1. The zero-order valence-electron chi connectivity index (χ0n) is 17.6. The number of aromatic nitrogens is 3. The van der Waals surface area contributed by atoms with Gasteiger partial charge in [0.05, 0.1) is 11.6 Å². The molecule has 3 heterocycles. The molecule has 0 bridgehead atoms. The van der Waals surface area contributed by atoms with Gasteiger partial charge in [0.1, 0.15) is 4.70 Å². The maximum Gasteiger partial charge on any atom is 0.275 e. The number of likely N-dealkylation sites (tertiary alicyclic amines) is 1. The van der Waals surface area contributed by atoms with Crippen molar-refractivity contribution in [3.63, 3.8) is 0 Å². The predicted octanol–water partition coefficient (Wildman–Crippen LogP) is 3.75. The SMILES string of the molecule is CC(C)(C)n1nc(C(=O)N2CCC(O)CC2)c2sc(NC(=O)c3cccc(Cl)c3)nc21. The number of piperidine rings is 1. The molecule has 31 heavy (non-hydrogen) atoms. The summed E-state index contributed by atoms with van der Waals surface area (Å²) in [6.07, 6.45) is 0.740. The Morgan fingerprint density at radius 1 is 1.26 bits per heavy atom. The van der Waals surface area contributed by atoms with Crippen LogP contribution >= 0.6 is 22.9 Å². The number of carbonyl (C=O) groups is 2. The topological polar surface area (TPSA) is 100 Å². The second-order valence-electron chi connectivity index (χ2n) is 8.59. The third-order valence-corrected chi connectivity index (χ3v) is 6.32. The zero-order chi connectivity index (χ0) is 22.3. The molecule has 0 aliphatic carbocycles. The molecule has 0 saturated carbocycles. The first-order valence-corrected chi connectivity index (χ1v) is 11.3. The summed E-state index contributed by atoms with van der Waals surface area (Å²) in [6.45, 7) is 6.92. The fourth-order valence-electron chi connectivity index (χ4n) is 3.48. The van der Waals surface area contributed by atoms with Gasteiger partial charge in [-0.15, -0.1) is 0 Å². The van der Waals surface area contributed by atoms with Gasteiger partial charge in [-0.1, -0.05) is 29.0 Å². The van der Waals surface area contributed by atoms with Gasteiger partial charge in [-0.3, -0.25) is 14.9 Å². The Kier molecular flexibility index (Phi) is 5.76. The van der Waals surface area contributed by atoms with E-state index < -0.39 is 5.54 Å². The number of fused-ring (bicyclic) bond motifs is 1. The molecule has 1 saturated heterocycles. The van der Waals surface area contributed by atoms with Crippen LogP contribution in [0.1, 0.15) is 54.5 Å². The van der Waals surface area contributed by atoms with Gasteiger partial charge in [0.15, 0.2) is 16.5 Å². The lowest BCUT2D eigenvalue weighted by Gasteiger charge is -2.29. The van der Waals surface area contributed by atoms with E-state index in [9.17, 15) is 14.7 Å². The number of hydrogen-bond acceptors (Lipinski definition) is 6. The third kappa shape index (κ3) is 4.44. The Bertz CT molecular complexity index is 1140. The van der Waals surface area contributed by atoms with Crippen LogP contribution in [0.25, 0.3) is 10.3 Å². The Labute approximate surface area is 188 Å². The van der Waals surface area contributed by atoms with Gasteiger partial charge in [-0.25, -0.2) is 4.68 Å². The number of thiazole rings is 1. The molecule has 1 aliphatic heterocycles. The smallest absolute Gasteiger partial charge is 0.275 e. The molecule has 0 spiro atoms. The van der Waals surface area contributed by atoms with E-state index in [1.54, 1.807) is 33.8 Å². The number of aliphatic hydroxyl groups is 1. The zero-order valence-corrected chi connectivity index (χ0v) is 19.1. The van der Waals surface area contributed by atoms with Gasteiger partial charge in [0.25, 0.3) is 11.8 Å². The Morgan fingerprint density at radius 2 is 1.97 bits per heavy atom. The van der Waals surface area contributed by atoms with E-state index in [0.29, 0.717) is 57.7 Å². The van der Waals surface area contributed by atoms with Gasteiger partial charge in [-0.05, 0) is 51.8 Å². The number of hydrogen-bond donors (Lipinski definition) is 2. The van der Waals surface area contributed by atoms with Crippen LogP contribution < -0.4 is 5.32 Å². The Balaban J connectivity index is 1.68. The summed E-state index contributed by atoms with van der Waals surface area (Å²) in [4.78, 5) is 32.1. The average molecular weight is 462 g/mol. The summed E-state index contributed by atoms with van der Waals surface area (Å²) < 4.78 is 2.35. The average Bonchev–Trinajstić information content (AvgIpc) is 3.26. The second-order valence-corrected chi connectivity index (χ2v) is 10.0. The highest BCUT2D eigenvalue weighted by atomic mass is 35.5. The van der Waals surface area contributed by atoms with Crippen molar-refractivity contribution in [1.82, 2.24) is 19.7 Å². The van der Waals surface area contributed by atoms with Crippen molar-refractivity contribution in [3.8, 4) is 0 Å². The molecule has 1 aliphatic rings. The molecule has 2 N–H and O–H groups in total. The van der Waals surface area contributed by atoms with Crippen molar-refractivity contribution in [2.75, 3.05) is 18.4 Å². The molecule has 3 aromatic rings. The number of benzene rings is 1. The summed E-state index contributed by atoms with van der Waals surface area (Å²) in [5.41, 5.74) is 0.894. The number of aliphatic hydroxyl groups excluding tert-OH is 1. The third-order valence-electron chi connectivity index (χ3n) is 5.12. The monoisotopic (exact) mass is 461 g/mol. The molecule has 8 nitrogen and oxygen atoms in total. The molecular weight excluding hydrogens is 438 g/mol. The Hall–Kier alpha value is -2.49. The van der Waals surface area contributed by atoms with Crippen LogP contribution in [0.3, 0.4) is 0 Å². The summed E-state index contributed by atoms with van der Waals surface area (Å²) >= 11 is 7.21. The maximum absolute atomic E-state index is 13.2. The van der Waals surface area contributed by atoms with E-state index in [1.807, 2.05) is 20.8 Å². The van der Waals surface area contributed by atoms with Crippen molar-refractivity contribution in [2.45, 2.75) is 45.3 Å². The summed E-state index contributed by atoms with van der Waals surface area (Å²) in [5, 5.41) is 18.0. The standard InChI is InChI=1S/C21H24ClN5O3S/c1-21(2,3)27-17-16(15(25-27)19(30)26-9-7-14(28)8-10-26)31-20(23-17)24-18(29)12-5-4-6-13(22)11-12/h4-6,11,14,28H,7-10H2,1-3H3,(H,23,24,29). The summed E-state index contributed by atoms with van der Waals surface area (Å²) in [7, 11) is 0. The number of rotatable bonds is 3. The minimum Gasteiger partial charge on any atom is -0.393 e. The predicted molar refractivity (Wildman–Crippen MR) is 121 cm³/mol. The normalized spacial score (nSPS) is 15.5. The van der Waals surface area contributed by atoms with Crippen LogP contribution in [0.5, 0.6) is 0 Å². The highest BCUT2D eigenvalue weighted by molar-refractivity contribution is 7.22. The molecule has 0 radical (unpaired) electrons. The van der Waals surface area contributed by atoms with Crippen LogP contribution in [0, 0.1) is 0 Å². The number of amides is 2. The quantitative estimate of drug-likeness (QED) is 0.618. The van der Waals surface area contributed by atoms with Gasteiger partial charge < -0.3 is 10.0 Å². The molecule has 164 valence electrons. The minimum atomic E-state index is -0.406. The fourth-order valence-corrected chi connectivity index (χ4v) is 4.59. The van der Waals surface area contributed by atoms with E-state index >= 15 is 0 Å². The van der Waals surface area contributed by atoms with Crippen LogP contribution in [-0.4, -0.2) is 55.8 Å². The van der Waals surface area contributed by atoms with Crippen molar-refractivity contribution in [3.05, 3.63) is 40.5 Å². The Morgan fingerprint density at radius 3 is 2.61 bits per heavy atom. The van der Waals surface area contributed by atoms with Crippen LogP contribution in [0.15, 0.2) is 24.3 Å². The summed E-state index contributed by atoms with van der Waals surface area (Å²) in [5.74, 6) is -0.511. The molecular formula is C21H24ClN5O3S. The molecule has 2 amide bonds. The van der Waals surface area contributed by atoms with Crippen molar-refractivity contribution in [2.24, 2.45) is 0 Å². The molecule has 1 aromatic carbocycles. The van der Waals surface area contributed by atoms with E-state index in [4.69, 9.17) is 11.6 Å². The lowest BCUT2D eigenvalue weighted by molar-refractivity contribution is 0.0542. The van der Waals surface area contributed by atoms with Crippen molar-refractivity contribution >= 4 is 50.2 Å². The van der Waals surface area contributed by atoms with Crippen LogP contribution in [0.2, 0.25) is 5.02 Å². The minimum absolute atomic E-state index is 0.184. The first kappa shape index (κ1) is 21.7. The number of nitrogens with zero attached hydrogens (tertiary/aromatic N) is 4. The fraction of sp³-hybridized carbons (Fsp3) is 0.429. The second kappa shape index (κ2) is 8.22. The molecule has 1 fully saturated rings. The van der Waals surface area contributed by atoms with E-state index in [2.05, 4.69) is 15.4 Å². The largest absolute Gasteiger partial charge is 0.393 e. The van der Waals surface area contributed by atoms with Crippen LogP contribution in [-0.2, 0) is 5.54 Å². The molecule has 10 heteroatoms. The lowest BCUT2D eigenvalue weighted by atomic mass is 10.1. The molecule has 0 atom stereocenters. The number of nitrogens with one attached hydrogen (secondary N) is 1. The van der Waals surface area contributed by atoms with Crippen molar-refractivity contribution < 1.29 is 14.7 Å². The van der Waals surface area contributed by atoms with Gasteiger partial charge in [0.2, 0.25) is 0 Å². The van der Waals surface area contributed by atoms with Crippen molar-refractivity contribution in [1.29, 1.82) is 0 Å². The van der Waals surface area contributed by atoms with Gasteiger partial charge in [0, 0.05) is 23.7 Å². The molecule has 2 aromatic heterocycles. The van der Waals surface area contributed by atoms with Gasteiger partial charge in [-0.2, -0.15) is 10.1 Å². The lowest BCUT2D eigenvalue weighted by Crippen LogP contribution is -2.40.